The third-order valence-corrected chi connectivity index (χ3v) is 12.8. The Morgan fingerprint density at radius 1 is 0.982 bits per heavy atom. The topological polar surface area (TPSA) is 130 Å². The second-order valence-electron chi connectivity index (χ2n) is 17.4. The number of hydrogen-bond donors (Lipinski definition) is 5. The van der Waals surface area contributed by atoms with Crippen molar-refractivity contribution in [2.24, 2.45) is 11.8 Å². The lowest BCUT2D eigenvalue weighted by atomic mass is 9.77. The van der Waals surface area contributed by atoms with Gasteiger partial charge in [-0.3, -0.25) is 4.79 Å². The highest BCUT2D eigenvalue weighted by Gasteiger charge is 2.48. The number of carbonyl (C=O) groups excluding carboxylic acids is 1. The first-order valence-electron chi connectivity index (χ1n) is 20.7. The number of fused-ring (bicyclic) bond motifs is 4. The van der Waals surface area contributed by atoms with Gasteiger partial charge in [0, 0.05) is 48.9 Å². The van der Waals surface area contributed by atoms with Gasteiger partial charge in [0.05, 0.1) is 44.6 Å². The maximum Gasteiger partial charge on any atom is 0.262 e. The molecule has 10 heteroatoms. The van der Waals surface area contributed by atoms with Crippen molar-refractivity contribution in [2.45, 2.75) is 101 Å². The van der Waals surface area contributed by atoms with Crippen molar-refractivity contribution in [3.8, 4) is 17.2 Å². The minimum Gasteiger partial charge on any atom is -0.508 e. The molecule has 4 fully saturated rings. The number of quaternary nitrogens is 1. The molecule has 4 aliphatic heterocycles. The number of β-amino-alcohol motifs (C(OH)–C–C–N with tert-alkyl or cyclic N) is 1. The van der Waals surface area contributed by atoms with E-state index in [1.54, 1.807) is 0 Å². The Morgan fingerprint density at radius 3 is 2.44 bits per heavy atom. The van der Waals surface area contributed by atoms with E-state index in [4.69, 9.17) is 14.2 Å². The number of carbonyl (C=O) groups is 1. The molecule has 298 valence electrons. The summed E-state index contributed by atoms with van der Waals surface area (Å²) in [7, 11) is 0. The summed E-state index contributed by atoms with van der Waals surface area (Å²) in [5, 5.41) is 39.6. The predicted octanol–water partition coefficient (Wildman–Crippen LogP) is 6.62. The summed E-state index contributed by atoms with van der Waals surface area (Å²) in [4.78, 5) is 11.7. The molecule has 0 unspecified atom stereocenters. The van der Waals surface area contributed by atoms with E-state index in [0.29, 0.717) is 36.1 Å². The molecule has 3 atom stereocenters. The first kappa shape index (κ1) is 39.6. The minimum absolute atomic E-state index is 0.0486. The summed E-state index contributed by atoms with van der Waals surface area (Å²) < 4.78 is 19.7. The molecule has 0 spiro atoms. The second-order valence-corrected chi connectivity index (χ2v) is 17.4. The Bertz CT molecular complexity index is 1720. The van der Waals surface area contributed by atoms with Crippen molar-refractivity contribution in [3.05, 3.63) is 83.4 Å². The van der Waals surface area contributed by atoms with E-state index in [1.165, 1.54) is 63.7 Å². The van der Waals surface area contributed by atoms with Gasteiger partial charge in [0.2, 0.25) is 0 Å². The SMILES string of the molecule is CC(C)(Cc1ccc(OCCC[N+]23CCC(CC2)[C@@H](OC[C@@](O)(c2ccccc2)C2CCCCCC2)C3)cc1)NC[C@H](O)c1cc(O)cc2c1OCC(=O)N2. The van der Waals surface area contributed by atoms with Crippen molar-refractivity contribution in [1.82, 2.24) is 5.32 Å². The van der Waals surface area contributed by atoms with Gasteiger partial charge < -0.3 is 44.6 Å². The van der Waals surface area contributed by atoms with Gasteiger partial charge in [-0.2, -0.15) is 0 Å². The van der Waals surface area contributed by atoms with Gasteiger partial charge in [-0.1, -0.05) is 68.1 Å². The molecule has 5 aliphatic rings. The largest absolute Gasteiger partial charge is 0.508 e. The Hall–Kier alpha value is -3.67. The van der Waals surface area contributed by atoms with Crippen molar-refractivity contribution in [2.75, 3.05) is 57.9 Å². The van der Waals surface area contributed by atoms with Crippen LogP contribution in [0.15, 0.2) is 66.7 Å². The number of phenolic OH excluding ortho intramolecular Hbond substituents is 1. The zero-order valence-corrected chi connectivity index (χ0v) is 32.8. The van der Waals surface area contributed by atoms with Gasteiger partial charge in [-0.15, -0.1) is 0 Å². The fourth-order valence-electron chi connectivity index (χ4n) is 9.69. The van der Waals surface area contributed by atoms with Crippen LogP contribution in [0.2, 0.25) is 0 Å². The molecule has 3 saturated heterocycles. The van der Waals surface area contributed by atoms with E-state index < -0.39 is 11.7 Å². The molecule has 1 saturated carbocycles. The summed E-state index contributed by atoms with van der Waals surface area (Å²) in [6.07, 6.45) is 10.4. The number of benzene rings is 3. The third-order valence-electron chi connectivity index (χ3n) is 12.8. The summed E-state index contributed by atoms with van der Waals surface area (Å²) in [5.74, 6) is 1.72. The first-order chi connectivity index (χ1) is 26.5. The number of hydrogen-bond acceptors (Lipinski definition) is 8. The van der Waals surface area contributed by atoms with E-state index in [0.717, 1.165) is 60.1 Å². The molecular weight excluding hydrogens is 695 g/mol. The number of aliphatic hydroxyl groups excluding tert-OH is 1. The van der Waals surface area contributed by atoms with Crippen molar-refractivity contribution >= 4 is 11.6 Å². The van der Waals surface area contributed by atoms with Crippen LogP contribution in [0, 0.1) is 11.8 Å². The lowest BCUT2D eigenvalue weighted by Crippen LogP contribution is -2.65. The molecule has 8 rings (SSSR count). The minimum atomic E-state index is -0.943. The van der Waals surface area contributed by atoms with Crippen LogP contribution in [0.3, 0.4) is 0 Å². The molecular formula is C45H62N3O7+. The molecule has 3 aromatic rings. The van der Waals surface area contributed by atoms with Crippen LogP contribution in [-0.4, -0.2) is 89.9 Å². The van der Waals surface area contributed by atoms with Crippen LogP contribution < -0.4 is 20.1 Å². The van der Waals surface area contributed by atoms with Crippen LogP contribution >= 0.6 is 0 Å². The standard InChI is InChI=1S/C45H61N3O7/c1-44(2,46-28-40(50)38-25-36(49)26-39-43(38)54-30-42(51)47-39)27-32-15-17-37(18-16-32)53-24-10-21-48-22-19-33(20-23-48)41(29-48)55-31-45(52,35-13-8-5-9-14-35)34-11-6-3-4-7-12-34/h5,8-9,13-18,25-26,33-34,40-41,46,50,52H,3-4,6-7,10-12,19-24,27-31H2,1-2H3,(H-,47,49,51)/p+1/t33?,40-,41-,45-,48?/m0/s1. The van der Waals surface area contributed by atoms with Gasteiger partial charge in [-0.05, 0) is 68.4 Å². The van der Waals surface area contributed by atoms with Crippen LogP contribution in [0.1, 0.15) is 94.4 Å². The Labute approximate surface area is 326 Å². The zero-order valence-electron chi connectivity index (χ0n) is 32.8. The second kappa shape index (κ2) is 17.2. The molecule has 2 bridgehead atoms. The number of ether oxygens (including phenoxy) is 3. The van der Waals surface area contributed by atoms with Gasteiger partial charge >= 0.3 is 0 Å². The monoisotopic (exact) mass is 756 g/mol. The molecule has 1 amide bonds. The summed E-state index contributed by atoms with van der Waals surface area (Å²) >= 11 is 0. The predicted molar refractivity (Wildman–Crippen MR) is 213 cm³/mol. The molecule has 1 aliphatic carbocycles. The normalized spacial score (nSPS) is 24.5. The molecule has 5 N–H and O–H groups in total. The zero-order chi connectivity index (χ0) is 38.5. The van der Waals surface area contributed by atoms with Gasteiger partial charge in [0.15, 0.2) is 6.61 Å². The smallest absolute Gasteiger partial charge is 0.262 e. The molecule has 4 heterocycles. The maximum absolute atomic E-state index is 12.3. The number of phenols is 1. The number of amides is 1. The van der Waals surface area contributed by atoms with Gasteiger partial charge in [0.25, 0.3) is 5.91 Å². The fraction of sp³-hybridized carbons (Fsp3) is 0.578. The van der Waals surface area contributed by atoms with E-state index >= 15 is 0 Å². The summed E-state index contributed by atoms with van der Waals surface area (Å²) in [6.45, 7) is 9.85. The Morgan fingerprint density at radius 2 is 1.71 bits per heavy atom. The van der Waals surface area contributed by atoms with Gasteiger partial charge in [0.1, 0.15) is 35.5 Å². The van der Waals surface area contributed by atoms with Crippen molar-refractivity contribution in [1.29, 1.82) is 0 Å². The fourth-order valence-corrected chi connectivity index (χ4v) is 9.69. The lowest BCUT2D eigenvalue weighted by molar-refractivity contribution is -0.946. The molecule has 55 heavy (non-hydrogen) atoms. The molecule has 0 radical (unpaired) electrons. The van der Waals surface area contributed by atoms with Crippen LogP contribution in [0.25, 0.3) is 0 Å². The number of aliphatic hydroxyl groups is 2. The quantitative estimate of drug-likeness (QED) is 0.0627. The number of nitrogens with one attached hydrogen (secondary N) is 2. The highest BCUT2D eigenvalue weighted by molar-refractivity contribution is 5.96. The number of nitrogens with zero attached hydrogens (tertiary/aromatic N) is 1. The molecule has 0 aromatic heterocycles. The Kier molecular flexibility index (Phi) is 12.4. The molecule has 10 nitrogen and oxygen atoms in total. The van der Waals surface area contributed by atoms with Crippen LogP contribution in [-0.2, 0) is 21.6 Å². The van der Waals surface area contributed by atoms with E-state index in [2.05, 4.69) is 48.7 Å². The Balaban J connectivity index is 0.868. The van der Waals surface area contributed by atoms with Crippen LogP contribution in [0.4, 0.5) is 5.69 Å². The molecule has 3 aromatic carbocycles. The summed E-state index contributed by atoms with van der Waals surface area (Å²) in [5.41, 5.74) is 1.68. The number of rotatable bonds is 16. The average molecular weight is 757 g/mol. The van der Waals surface area contributed by atoms with Crippen LogP contribution in [0.5, 0.6) is 17.2 Å². The average Bonchev–Trinajstić information content (AvgIpc) is 3.49. The van der Waals surface area contributed by atoms with Gasteiger partial charge in [-0.25, -0.2) is 0 Å². The van der Waals surface area contributed by atoms with Crippen molar-refractivity contribution in [3.63, 3.8) is 0 Å². The number of piperidine rings is 3. The number of anilines is 1. The van der Waals surface area contributed by atoms with E-state index in [-0.39, 0.29) is 42.4 Å². The van der Waals surface area contributed by atoms with E-state index in [9.17, 15) is 20.1 Å². The van der Waals surface area contributed by atoms with E-state index in [1.807, 2.05) is 30.3 Å². The summed E-state index contributed by atoms with van der Waals surface area (Å²) in [6, 6.07) is 21.5. The first-order valence-corrected chi connectivity index (χ1v) is 20.7. The highest BCUT2D eigenvalue weighted by atomic mass is 16.5. The van der Waals surface area contributed by atoms with Crippen molar-refractivity contribution < 1.29 is 38.8 Å². The third kappa shape index (κ3) is 9.66. The lowest BCUT2D eigenvalue weighted by Gasteiger charge is -2.53. The maximum atomic E-state index is 12.3. The highest BCUT2D eigenvalue weighted by Crippen LogP contribution is 2.42. The number of aromatic hydroxyl groups is 1.